The lowest BCUT2D eigenvalue weighted by Gasteiger charge is -2.11. The fourth-order valence-electron chi connectivity index (χ4n) is 2.89. The third-order valence-electron chi connectivity index (χ3n) is 4.24. The minimum absolute atomic E-state index is 0.389. The van der Waals surface area contributed by atoms with E-state index in [9.17, 15) is 9.59 Å². The van der Waals surface area contributed by atoms with Crippen molar-refractivity contribution in [2.45, 2.75) is 33.2 Å². The number of aryl methyl sites for hydroxylation is 2. The van der Waals surface area contributed by atoms with Gasteiger partial charge in [-0.25, -0.2) is 4.79 Å². The first-order valence-corrected chi connectivity index (χ1v) is 8.50. The Morgan fingerprint density at radius 3 is 2.80 bits per heavy atom. The highest BCUT2D eigenvalue weighted by molar-refractivity contribution is 5.74. The Bertz CT molecular complexity index is 1010. The van der Waals surface area contributed by atoms with Gasteiger partial charge in [0.1, 0.15) is 0 Å². The number of unbranched alkanes of at least 4 members (excludes halogenated alkanes) is 1. The average Bonchev–Trinajstić information content (AvgIpc) is 2.92. The summed E-state index contributed by atoms with van der Waals surface area (Å²) in [5.41, 5.74) is 2.15. The second-order valence-electron chi connectivity index (χ2n) is 6.28. The molecule has 0 aliphatic rings. The Morgan fingerprint density at radius 2 is 2.08 bits per heavy atom. The van der Waals surface area contributed by atoms with E-state index in [1.54, 1.807) is 7.05 Å². The van der Waals surface area contributed by atoms with Crippen LogP contribution in [0.5, 0.6) is 0 Å². The number of nitrogens with zero attached hydrogens (tertiary/aromatic N) is 3. The molecule has 0 unspecified atom stereocenters. The molecule has 0 radical (unpaired) electrons. The van der Waals surface area contributed by atoms with Gasteiger partial charge in [0.2, 0.25) is 5.95 Å². The van der Waals surface area contributed by atoms with Crippen LogP contribution < -0.4 is 16.6 Å². The molecule has 1 aromatic carbocycles. The van der Waals surface area contributed by atoms with Crippen LogP contribution in [0.4, 0.5) is 5.95 Å². The zero-order valence-electron chi connectivity index (χ0n) is 14.8. The molecule has 3 rings (SSSR count). The molecule has 2 N–H and O–H groups in total. The first-order chi connectivity index (χ1) is 12.0. The molecule has 2 heterocycles. The number of hydrogen-bond acceptors (Lipinski definition) is 4. The SMILES string of the molecule is CCCCNc1nc2c(c(=O)[nH]c(=O)n2C)n1Cc1cccc(C)c1. The van der Waals surface area contributed by atoms with E-state index >= 15 is 0 Å². The second kappa shape index (κ2) is 6.96. The van der Waals surface area contributed by atoms with Gasteiger partial charge >= 0.3 is 5.69 Å². The number of aromatic amines is 1. The molecule has 0 atom stereocenters. The van der Waals surface area contributed by atoms with Crippen LogP contribution in [0.15, 0.2) is 33.9 Å². The molecule has 25 heavy (non-hydrogen) atoms. The monoisotopic (exact) mass is 341 g/mol. The van der Waals surface area contributed by atoms with Crippen molar-refractivity contribution in [1.29, 1.82) is 0 Å². The van der Waals surface area contributed by atoms with E-state index in [0.29, 0.717) is 23.7 Å². The zero-order valence-corrected chi connectivity index (χ0v) is 14.8. The van der Waals surface area contributed by atoms with E-state index in [1.807, 2.05) is 29.7 Å². The number of nitrogens with one attached hydrogen (secondary N) is 2. The number of fused-ring (bicyclic) bond motifs is 1. The van der Waals surface area contributed by atoms with Crippen LogP contribution in [0.1, 0.15) is 30.9 Å². The Labute approximate surface area is 145 Å². The Hall–Kier alpha value is -2.83. The molecule has 0 aliphatic heterocycles. The van der Waals surface area contributed by atoms with Crippen molar-refractivity contribution < 1.29 is 0 Å². The third kappa shape index (κ3) is 3.35. The number of H-pyrrole nitrogens is 1. The second-order valence-corrected chi connectivity index (χ2v) is 6.28. The highest BCUT2D eigenvalue weighted by atomic mass is 16.2. The molecule has 0 saturated heterocycles. The van der Waals surface area contributed by atoms with E-state index in [1.165, 1.54) is 4.57 Å². The highest BCUT2D eigenvalue weighted by Gasteiger charge is 2.17. The predicted octanol–water partition coefficient (Wildman–Crippen LogP) is 1.99. The fraction of sp³-hybridized carbons (Fsp3) is 0.389. The minimum Gasteiger partial charge on any atom is -0.356 e. The van der Waals surface area contributed by atoms with Crippen molar-refractivity contribution in [3.05, 3.63) is 56.2 Å². The molecule has 0 spiro atoms. The quantitative estimate of drug-likeness (QED) is 0.672. The molecule has 0 amide bonds. The molecule has 2 aromatic heterocycles. The normalized spacial score (nSPS) is 11.2. The standard InChI is InChI=1S/C18H23N5O2/c1-4-5-9-19-17-20-15-14(16(24)21-18(25)22(15)3)23(17)11-13-8-6-7-12(2)10-13/h6-8,10H,4-5,9,11H2,1-3H3,(H,19,20)(H,21,24,25). The number of benzene rings is 1. The number of imidazole rings is 1. The Kier molecular flexibility index (Phi) is 4.74. The maximum absolute atomic E-state index is 12.4. The van der Waals surface area contributed by atoms with E-state index < -0.39 is 11.2 Å². The van der Waals surface area contributed by atoms with Crippen molar-refractivity contribution in [2.75, 3.05) is 11.9 Å². The Morgan fingerprint density at radius 1 is 1.28 bits per heavy atom. The largest absolute Gasteiger partial charge is 0.356 e. The first kappa shape index (κ1) is 17.0. The van der Waals surface area contributed by atoms with Gasteiger partial charge in [0, 0.05) is 13.6 Å². The number of rotatable bonds is 6. The fourth-order valence-corrected chi connectivity index (χ4v) is 2.89. The number of anilines is 1. The summed E-state index contributed by atoms with van der Waals surface area (Å²) in [6.45, 7) is 5.42. The first-order valence-electron chi connectivity index (χ1n) is 8.50. The summed E-state index contributed by atoms with van der Waals surface area (Å²) >= 11 is 0. The van der Waals surface area contributed by atoms with Crippen LogP contribution in [-0.2, 0) is 13.6 Å². The molecule has 0 saturated carbocycles. The maximum Gasteiger partial charge on any atom is 0.329 e. The van der Waals surface area contributed by atoms with Crippen LogP contribution in [0, 0.1) is 6.92 Å². The average molecular weight is 341 g/mol. The zero-order chi connectivity index (χ0) is 18.0. The minimum atomic E-state index is -0.460. The molecule has 7 heteroatoms. The summed E-state index contributed by atoms with van der Waals surface area (Å²) in [5, 5.41) is 3.30. The van der Waals surface area contributed by atoms with E-state index in [4.69, 9.17) is 0 Å². The van der Waals surface area contributed by atoms with Crippen molar-refractivity contribution in [3.63, 3.8) is 0 Å². The van der Waals surface area contributed by atoms with Crippen LogP contribution in [0.3, 0.4) is 0 Å². The molecule has 0 aliphatic carbocycles. The summed E-state index contributed by atoms with van der Waals surface area (Å²) < 4.78 is 3.21. The molecule has 132 valence electrons. The van der Waals surface area contributed by atoms with Crippen molar-refractivity contribution in [1.82, 2.24) is 19.1 Å². The van der Waals surface area contributed by atoms with Crippen molar-refractivity contribution in [3.8, 4) is 0 Å². The predicted molar refractivity (Wildman–Crippen MR) is 99.3 cm³/mol. The lowest BCUT2D eigenvalue weighted by Crippen LogP contribution is -2.29. The molecular weight excluding hydrogens is 318 g/mol. The molecule has 0 fully saturated rings. The summed E-state index contributed by atoms with van der Waals surface area (Å²) in [5.74, 6) is 0.608. The number of aromatic nitrogens is 4. The summed E-state index contributed by atoms with van der Waals surface area (Å²) in [6.07, 6.45) is 2.06. The van der Waals surface area contributed by atoms with Gasteiger partial charge < -0.3 is 5.32 Å². The van der Waals surface area contributed by atoms with E-state index in [0.717, 1.165) is 30.5 Å². The summed E-state index contributed by atoms with van der Waals surface area (Å²) in [4.78, 5) is 31.2. The smallest absolute Gasteiger partial charge is 0.329 e. The van der Waals surface area contributed by atoms with Gasteiger partial charge in [-0.15, -0.1) is 0 Å². The van der Waals surface area contributed by atoms with Crippen molar-refractivity contribution in [2.24, 2.45) is 7.05 Å². The lowest BCUT2D eigenvalue weighted by molar-refractivity contribution is 0.785. The van der Waals surface area contributed by atoms with Gasteiger partial charge in [0.15, 0.2) is 11.2 Å². The Balaban J connectivity index is 2.15. The van der Waals surface area contributed by atoms with E-state index in [-0.39, 0.29) is 0 Å². The van der Waals surface area contributed by atoms with Gasteiger partial charge in [-0.05, 0) is 18.9 Å². The van der Waals surface area contributed by atoms with E-state index in [2.05, 4.69) is 28.3 Å². The third-order valence-corrected chi connectivity index (χ3v) is 4.24. The highest BCUT2D eigenvalue weighted by Crippen LogP contribution is 2.18. The molecule has 0 bridgehead atoms. The maximum atomic E-state index is 12.4. The summed E-state index contributed by atoms with van der Waals surface area (Å²) in [7, 11) is 1.61. The van der Waals surface area contributed by atoms with Crippen LogP contribution >= 0.6 is 0 Å². The molecule has 7 nitrogen and oxygen atoms in total. The lowest BCUT2D eigenvalue weighted by atomic mass is 10.1. The van der Waals surface area contributed by atoms with Gasteiger partial charge in [0.05, 0.1) is 6.54 Å². The van der Waals surface area contributed by atoms with Crippen LogP contribution in [0.25, 0.3) is 11.2 Å². The molecular formula is C18H23N5O2. The van der Waals surface area contributed by atoms with Gasteiger partial charge in [-0.3, -0.25) is 18.9 Å². The van der Waals surface area contributed by atoms with Crippen LogP contribution in [-0.4, -0.2) is 25.6 Å². The number of hydrogen-bond donors (Lipinski definition) is 2. The van der Waals surface area contributed by atoms with Gasteiger partial charge in [0.25, 0.3) is 5.56 Å². The topological polar surface area (TPSA) is 84.7 Å². The van der Waals surface area contributed by atoms with Gasteiger partial charge in [-0.2, -0.15) is 4.98 Å². The summed E-state index contributed by atoms with van der Waals surface area (Å²) in [6, 6.07) is 8.13. The van der Waals surface area contributed by atoms with Gasteiger partial charge in [-0.1, -0.05) is 43.2 Å². The molecule has 3 aromatic rings. The van der Waals surface area contributed by atoms with Crippen molar-refractivity contribution >= 4 is 17.1 Å². The van der Waals surface area contributed by atoms with Crippen LogP contribution in [0.2, 0.25) is 0 Å².